The molecule has 1 amide bonds. The maximum Gasteiger partial charge on any atom is 0.224 e. The second-order valence-electron chi connectivity index (χ2n) is 8.42. The molecule has 2 saturated heterocycles. The third kappa shape index (κ3) is 3.56. The van der Waals surface area contributed by atoms with Crippen molar-refractivity contribution in [1.82, 2.24) is 19.8 Å². The summed E-state index contributed by atoms with van der Waals surface area (Å²) in [6.45, 7) is 8.12. The molecule has 26 heavy (non-hydrogen) atoms. The Morgan fingerprint density at radius 2 is 2.00 bits per heavy atom. The predicted octanol–water partition coefficient (Wildman–Crippen LogP) is 2.23. The van der Waals surface area contributed by atoms with Crippen LogP contribution in [-0.2, 0) is 4.79 Å². The van der Waals surface area contributed by atoms with Crippen LogP contribution in [0.15, 0.2) is 12.3 Å². The molecule has 2 aliphatic rings. The van der Waals surface area contributed by atoms with E-state index in [9.17, 15) is 4.79 Å². The van der Waals surface area contributed by atoms with Gasteiger partial charge >= 0.3 is 0 Å². The number of anilines is 1. The third-order valence-corrected chi connectivity index (χ3v) is 6.22. The topological polar surface area (TPSA) is 52.6 Å². The lowest BCUT2D eigenvalue weighted by Crippen LogP contribution is -2.61. The molecule has 0 N–H and O–H groups in total. The summed E-state index contributed by atoms with van der Waals surface area (Å²) in [6.07, 6.45) is 4.72. The van der Waals surface area contributed by atoms with Gasteiger partial charge in [0, 0.05) is 64.2 Å². The third-order valence-electron chi connectivity index (χ3n) is 6.22. The number of aromatic nitrogens is 2. The van der Waals surface area contributed by atoms with Crippen molar-refractivity contribution in [1.29, 1.82) is 0 Å². The van der Waals surface area contributed by atoms with Crippen molar-refractivity contribution in [3.63, 3.8) is 0 Å². The number of amides is 1. The molecule has 3 rings (SSSR count). The fourth-order valence-corrected chi connectivity index (χ4v) is 4.56. The summed E-state index contributed by atoms with van der Waals surface area (Å²) in [5, 5.41) is 0. The molecular formula is C20H33N5O. The number of hydrogen-bond donors (Lipinski definition) is 0. The highest BCUT2D eigenvalue weighted by Crippen LogP contribution is 2.48. The van der Waals surface area contributed by atoms with Crippen LogP contribution in [0.1, 0.15) is 44.7 Å². The monoisotopic (exact) mass is 359 g/mol. The number of hydrogen-bond acceptors (Lipinski definition) is 5. The molecule has 1 aromatic rings. The van der Waals surface area contributed by atoms with Gasteiger partial charge in [0.1, 0.15) is 0 Å². The molecule has 144 valence electrons. The molecule has 3 heterocycles. The first kappa shape index (κ1) is 19.1. The molecule has 1 atom stereocenters. The van der Waals surface area contributed by atoms with Gasteiger partial charge in [-0.05, 0) is 19.0 Å². The molecule has 0 aromatic carbocycles. The van der Waals surface area contributed by atoms with E-state index in [1.54, 1.807) is 0 Å². The number of nitrogens with zero attached hydrogens (tertiary/aromatic N) is 5. The number of carbonyl (C=O) groups excluding carboxylic acids is 1. The van der Waals surface area contributed by atoms with Crippen LogP contribution >= 0.6 is 0 Å². The second kappa shape index (κ2) is 7.51. The van der Waals surface area contributed by atoms with Crippen LogP contribution in [0.25, 0.3) is 0 Å². The number of likely N-dealkylation sites (N-methyl/N-ethyl adjacent to an activating group) is 1. The van der Waals surface area contributed by atoms with Gasteiger partial charge in [0.05, 0.1) is 5.69 Å². The Kier molecular flexibility index (Phi) is 5.51. The van der Waals surface area contributed by atoms with E-state index in [0.717, 1.165) is 50.7 Å². The molecule has 2 aliphatic heterocycles. The van der Waals surface area contributed by atoms with Crippen molar-refractivity contribution in [3.8, 4) is 0 Å². The number of carbonyl (C=O) groups is 1. The van der Waals surface area contributed by atoms with Crippen molar-refractivity contribution < 1.29 is 4.79 Å². The van der Waals surface area contributed by atoms with Crippen LogP contribution in [0, 0.1) is 11.3 Å². The van der Waals surface area contributed by atoms with E-state index in [1.807, 2.05) is 31.3 Å². The highest BCUT2D eigenvalue weighted by Gasteiger charge is 2.55. The van der Waals surface area contributed by atoms with E-state index >= 15 is 0 Å². The van der Waals surface area contributed by atoms with Crippen LogP contribution in [0.5, 0.6) is 0 Å². The largest absolute Gasteiger partial charge is 0.347 e. The highest BCUT2D eigenvalue weighted by molar-refractivity contribution is 5.77. The van der Waals surface area contributed by atoms with Crippen molar-refractivity contribution in [2.24, 2.45) is 11.3 Å². The zero-order valence-electron chi connectivity index (χ0n) is 16.9. The number of likely N-dealkylation sites (tertiary alicyclic amines) is 2. The Balaban J connectivity index is 1.72. The van der Waals surface area contributed by atoms with Gasteiger partial charge in [0.25, 0.3) is 0 Å². The van der Waals surface area contributed by atoms with E-state index in [4.69, 9.17) is 4.98 Å². The molecule has 1 spiro atoms. The minimum Gasteiger partial charge on any atom is -0.347 e. The molecule has 6 nitrogen and oxygen atoms in total. The maximum absolute atomic E-state index is 12.6. The summed E-state index contributed by atoms with van der Waals surface area (Å²) in [5.74, 6) is 1.97. The summed E-state index contributed by atoms with van der Waals surface area (Å²) >= 11 is 0. The van der Waals surface area contributed by atoms with Crippen LogP contribution in [0.4, 0.5) is 5.95 Å². The summed E-state index contributed by atoms with van der Waals surface area (Å²) in [5.41, 5.74) is 1.26. The molecule has 0 saturated carbocycles. The number of rotatable bonds is 6. The Morgan fingerprint density at radius 1 is 1.31 bits per heavy atom. The van der Waals surface area contributed by atoms with Crippen molar-refractivity contribution in [2.75, 3.05) is 52.2 Å². The van der Waals surface area contributed by atoms with Gasteiger partial charge < -0.3 is 14.7 Å². The normalized spacial score (nSPS) is 22.1. The fraction of sp³-hybridized carbons (Fsp3) is 0.750. The van der Waals surface area contributed by atoms with Gasteiger partial charge in [-0.3, -0.25) is 4.79 Å². The van der Waals surface area contributed by atoms with Crippen molar-refractivity contribution in [3.05, 3.63) is 18.0 Å². The molecule has 6 heteroatoms. The van der Waals surface area contributed by atoms with Crippen molar-refractivity contribution in [2.45, 2.75) is 39.0 Å². The average Bonchev–Trinajstić information content (AvgIpc) is 2.95. The van der Waals surface area contributed by atoms with Gasteiger partial charge in [0.15, 0.2) is 0 Å². The van der Waals surface area contributed by atoms with E-state index in [-0.39, 0.29) is 5.41 Å². The van der Waals surface area contributed by atoms with Crippen LogP contribution in [0.2, 0.25) is 0 Å². The Morgan fingerprint density at radius 3 is 2.62 bits per heavy atom. The molecule has 1 aromatic heterocycles. The van der Waals surface area contributed by atoms with Gasteiger partial charge in [-0.1, -0.05) is 26.7 Å². The smallest absolute Gasteiger partial charge is 0.224 e. The molecule has 0 radical (unpaired) electrons. The minimum atomic E-state index is 0.149. The summed E-state index contributed by atoms with van der Waals surface area (Å²) < 4.78 is 0. The predicted molar refractivity (Wildman–Crippen MR) is 104 cm³/mol. The van der Waals surface area contributed by atoms with E-state index in [1.165, 1.54) is 0 Å². The van der Waals surface area contributed by atoms with Crippen LogP contribution in [0.3, 0.4) is 0 Å². The van der Waals surface area contributed by atoms with Crippen LogP contribution in [-0.4, -0.2) is 73.0 Å². The molecular weight excluding hydrogens is 326 g/mol. The van der Waals surface area contributed by atoms with E-state index in [2.05, 4.69) is 35.7 Å². The lowest BCUT2D eigenvalue weighted by molar-refractivity contribution is -0.144. The lowest BCUT2D eigenvalue weighted by atomic mass is 9.70. The Bertz CT molecular complexity index is 637. The molecule has 1 unspecified atom stereocenters. The molecule has 0 aliphatic carbocycles. The average molecular weight is 360 g/mol. The first-order chi connectivity index (χ1) is 12.4. The second-order valence-corrected chi connectivity index (χ2v) is 8.42. The first-order valence-corrected chi connectivity index (χ1v) is 9.85. The van der Waals surface area contributed by atoms with Crippen molar-refractivity contribution >= 4 is 11.9 Å². The summed E-state index contributed by atoms with van der Waals surface area (Å²) in [4.78, 5) is 28.2. The Hall–Kier alpha value is -1.69. The SMILES string of the molecule is CCC(CC)CC(=O)N1CC2(CN(C)CC2c2ccnc(N(C)C)n2)C1. The van der Waals surface area contributed by atoms with E-state index in [0.29, 0.717) is 24.2 Å². The van der Waals surface area contributed by atoms with E-state index < -0.39 is 0 Å². The van der Waals surface area contributed by atoms with Gasteiger partial charge in [-0.15, -0.1) is 0 Å². The standard InChI is InChI=1S/C20H33N5O/c1-6-15(7-2)10-18(26)25-13-20(14-25)12-24(5)11-16(20)17-8-9-21-19(22-17)23(3)4/h8-9,15-16H,6-7,10-14H2,1-5H3. The lowest BCUT2D eigenvalue weighted by Gasteiger charge is -2.51. The highest BCUT2D eigenvalue weighted by atomic mass is 16.2. The van der Waals surface area contributed by atoms with Gasteiger partial charge in [-0.25, -0.2) is 9.97 Å². The molecule has 2 fully saturated rings. The quantitative estimate of drug-likeness (QED) is 0.780. The zero-order valence-corrected chi connectivity index (χ0v) is 16.9. The van der Waals surface area contributed by atoms with Crippen LogP contribution < -0.4 is 4.90 Å². The summed E-state index contributed by atoms with van der Waals surface area (Å²) in [6, 6.07) is 2.05. The molecule has 0 bridgehead atoms. The van der Waals surface area contributed by atoms with Gasteiger partial charge in [-0.2, -0.15) is 0 Å². The minimum absolute atomic E-state index is 0.149. The fourth-order valence-electron chi connectivity index (χ4n) is 4.56. The zero-order chi connectivity index (χ0) is 18.9. The summed E-state index contributed by atoms with van der Waals surface area (Å²) in [7, 11) is 6.11. The van der Waals surface area contributed by atoms with Gasteiger partial charge in [0.2, 0.25) is 11.9 Å². The maximum atomic E-state index is 12.6. The Labute approximate surface area is 157 Å². The first-order valence-electron chi connectivity index (χ1n) is 9.85.